The van der Waals surface area contributed by atoms with E-state index in [2.05, 4.69) is 17.1 Å². The molecule has 0 aromatic heterocycles. The van der Waals surface area contributed by atoms with Crippen LogP contribution >= 0.6 is 11.8 Å². The van der Waals surface area contributed by atoms with Crippen LogP contribution in [0.25, 0.3) is 0 Å². The van der Waals surface area contributed by atoms with Crippen LogP contribution < -0.4 is 5.32 Å². The fourth-order valence-corrected chi connectivity index (χ4v) is 3.89. The number of nitrogens with one attached hydrogen (secondary N) is 1. The van der Waals surface area contributed by atoms with E-state index >= 15 is 0 Å². The van der Waals surface area contributed by atoms with Gasteiger partial charge >= 0.3 is 0 Å². The molecule has 98 valence electrons. The van der Waals surface area contributed by atoms with Gasteiger partial charge in [-0.15, -0.1) is 0 Å². The third-order valence-electron chi connectivity index (χ3n) is 3.98. The number of likely N-dealkylation sites (tertiary alicyclic amines) is 1. The van der Waals surface area contributed by atoms with Gasteiger partial charge < -0.3 is 10.2 Å². The molecular formula is C13H24N2OS. The van der Waals surface area contributed by atoms with Crippen molar-refractivity contribution in [1.29, 1.82) is 0 Å². The Hall–Kier alpha value is -0.220. The van der Waals surface area contributed by atoms with Gasteiger partial charge in [-0.1, -0.05) is 0 Å². The molecule has 0 radical (unpaired) electrons. The average molecular weight is 256 g/mol. The summed E-state index contributed by atoms with van der Waals surface area (Å²) < 4.78 is 0. The van der Waals surface area contributed by atoms with Gasteiger partial charge in [0.05, 0.1) is 0 Å². The first-order valence-corrected chi connectivity index (χ1v) is 7.98. The summed E-state index contributed by atoms with van der Waals surface area (Å²) in [6.07, 6.45) is 5.01. The summed E-state index contributed by atoms with van der Waals surface area (Å²) in [6, 6.07) is 0.639. The largest absolute Gasteiger partial charge is 0.343 e. The molecule has 0 aliphatic carbocycles. The number of carbonyl (C=O) groups excluding carboxylic acids is 1. The minimum atomic E-state index is 0.229. The Bertz CT molecular complexity index is 246. The Labute approximate surface area is 109 Å². The summed E-state index contributed by atoms with van der Waals surface area (Å²) in [5, 5.41) is 3.70. The lowest BCUT2D eigenvalue weighted by atomic mass is 10.00. The van der Waals surface area contributed by atoms with Gasteiger partial charge in [0.1, 0.15) is 0 Å². The maximum Gasteiger partial charge on any atom is 0.219 e. The predicted octanol–water partition coefficient (Wildman–Crippen LogP) is 1.73. The number of thioether (sulfide) groups is 1. The molecule has 1 N–H and O–H groups in total. The highest BCUT2D eigenvalue weighted by Crippen LogP contribution is 2.22. The highest BCUT2D eigenvalue weighted by molar-refractivity contribution is 7.99. The fraction of sp³-hybridized carbons (Fsp3) is 0.923. The Morgan fingerprint density at radius 3 is 2.47 bits per heavy atom. The van der Waals surface area contributed by atoms with E-state index in [1.54, 1.807) is 6.92 Å². The molecule has 4 heteroatoms. The van der Waals surface area contributed by atoms with Crippen LogP contribution in [-0.2, 0) is 4.79 Å². The number of nitrogens with zero attached hydrogens (tertiary/aromatic N) is 1. The van der Waals surface area contributed by atoms with Gasteiger partial charge in [0.25, 0.3) is 0 Å². The molecule has 0 spiro atoms. The minimum absolute atomic E-state index is 0.229. The number of piperidine rings is 1. The molecule has 1 amide bonds. The fourth-order valence-electron chi connectivity index (χ4n) is 2.68. The number of carbonyl (C=O) groups is 1. The number of rotatable bonds is 3. The van der Waals surface area contributed by atoms with Gasteiger partial charge in [-0.25, -0.2) is 0 Å². The number of hydrogen-bond acceptors (Lipinski definition) is 3. The zero-order chi connectivity index (χ0) is 12.1. The first-order valence-electron chi connectivity index (χ1n) is 6.82. The van der Waals surface area contributed by atoms with Crippen LogP contribution in [-0.4, -0.2) is 48.0 Å². The zero-order valence-electron chi connectivity index (χ0n) is 10.8. The SMILES string of the molecule is CC(=O)N1CCC(NCC2CCSCC2)CC1. The highest BCUT2D eigenvalue weighted by atomic mass is 32.2. The monoisotopic (exact) mass is 256 g/mol. The van der Waals surface area contributed by atoms with E-state index in [0.29, 0.717) is 6.04 Å². The molecule has 2 rings (SSSR count). The summed E-state index contributed by atoms with van der Waals surface area (Å²) in [7, 11) is 0. The molecule has 0 saturated carbocycles. The topological polar surface area (TPSA) is 32.3 Å². The molecule has 2 heterocycles. The third kappa shape index (κ3) is 4.18. The smallest absolute Gasteiger partial charge is 0.219 e. The average Bonchev–Trinajstić information content (AvgIpc) is 2.38. The molecule has 0 unspecified atom stereocenters. The first-order chi connectivity index (χ1) is 8.25. The quantitative estimate of drug-likeness (QED) is 0.834. The van der Waals surface area contributed by atoms with Gasteiger partial charge in [-0.2, -0.15) is 11.8 Å². The molecule has 0 aromatic carbocycles. The lowest BCUT2D eigenvalue weighted by molar-refractivity contribution is -0.129. The second kappa shape index (κ2) is 6.64. The molecular weight excluding hydrogens is 232 g/mol. The molecule has 2 saturated heterocycles. The normalized spacial score (nSPS) is 23.9. The second-order valence-electron chi connectivity index (χ2n) is 5.24. The molecule has 17 heavy (non-hydrogen) atoms. The maximum absolute atomic E-state index is 11.2. The number of hydrogen-bond donors (Lipinski definition) is 1. The predicted molar refractivity (Wildman–Crippen MR) is 73.3 cm³/mol. The highest BCUT2D eigenvalue weighted by Gasteiger charge is 2.21. The van der Waals surface area contributed by atoms with Gasteiger partial charge in [0, 0.05) is 26.1 Å². The Morgan fingerprint density at radius 1 is 1.24 bits per heavy atom. The van der Waals surface area contributed by atoms with E-state index < -0.39 is 0 Å². The molecule has 2 aliphatic rings. The van der Waals surface area contributed by atoms with Crippen molar-refractivity contribution < 1.29 is 4.79 Å². The van der Waals surface area contributed by atoms with Crippen LogP contribution in [0.5, 0.6) is 0 Å². The van der Waals surface area contributed by atoms with E-state index in [1.807, 2.05) is 4.90 Å². The Balaban J connectivity index is 1.62. The van der Waals surface area contributed by atoms with Crippen LogP contribution in [0, 0.1) is 5.92 Å². The minimum Gasteiger partial charge on any atom is -0.343 e. The lowest BCUT2D eigenvalue weighted by Gasteiger charge is -2.33. The van der Waals surface area contributed by atoms with Gasteiger partial charge in [0.2, 0.25) is 5.91 Å². The van der Waals surface area contributed by atoms with Crippen molar-refractivity contribution >= 4 is 17.7 Å². The van der Waals surface area contributed by atoms with E-state index in [4.69, 9.17) is 0 Å². The van der Waals surface area contributed by atoms with Crippen molar-refractivity contribution in [2.24, 2.45) is 5.92 Å². The zero-order valence-corrected chi connectivity index (χ0v) is 11.6. The summed E-state index contributed by atoms with van der Waals surface area (Å²) in [4.78, 5) is 13.2. The summed E-state index contributed by atoms with van der Waals surface area (Å²) in [5.41, 5.74) is 0. The van der Waals surface area contributed by atoms with Crippen LogP contribution in [0.3, 0.4) is 0 Å². The van der Waals surface area contributed by atoms with Crippen molar-refractivity contribution in [3.63, 3.8) is 0 Å². The third-order valence-corrected chi connectivity index (χ3v) is 5.03. The molecule has 2 fully saturated rings. The van der Waals surface area contributed by atoms with Crippen molar-refractivity contribution in [1.82, 2.24) is 10.2 Å². The number of amides is 1. The van der Waals surface area contributed by atoms with E-state index in [-0.39, 0.29) is 5.91 Å². The Kier molecular flexibility index (Phi) is 5.16. The van der Waals surface area contributed by atoms with E-state index in [1.165, 1.54) is 30.9 Å². The van der Waals surface area contributed by atoms with Crippen molar-refractivity contribution in [3.05, 3.63) is 0 Å². The van der Waals surface area contributed by atoms with Crippen molar-refractivity contribution in [2.75, 3.05) is 31.1 Å². The van der Waals surface area contributed by atoms with Crippen molar-refractivity contribution in [2.45, 2.75) is 38.6 Å². The van der Waals surface area contributed by atoms with Crippen LogP contribution in [0.2, 0.25) is 0 Å². The van der Waals surface area contributed by atoms with Gasteiger partial charge in [0.15, 0.2) is 0 Å². The lowest BCUT2D eigenvalue weighted by Crippen LogP contribution is -2.45. The molecule has 0 aromatic rings. The summed E-state index contributed by atoms with van der Waals surface area (Å²) in [5.74, 6) is 3.81. The van der Waals surface area contributed by atoms with Gasteiger partial charge in [-0.05, 0) is 49.7 Å². The van der Waals surface area contributed by atoms with Crippen LogP contribution in [0.4, 0.5) is 0 Å². The van der Waals surface area contributed by atoms with E-state index in [9.17, 15) is 4.79 Å². The van der Waals surface area contributed by atoms with E-state index in [0.717, 1.165) is 31.8 Å². The van der Waals surface area contributed by atoms with Crippen LogP contribution in [0.15, 0.2) is 0 Å². The van der Waals surface area contributed by atoms with Crippen LogP contribution in [0.1, 0.15) is 32.6 Å². The summed E-state index contributed by atoms with van der Waals surface area (Å²) in [6.45, 7) is 4.74. The molecule has 3 nitrogen and oxygen atoms in total. The first kappa shape index (κ1) is 13.2. The summed E-state index contributed by atoms with van der Waals surface area (Å²) >= 11 is 2.09. The molecule has 2 aliphatic heterocycles. The molecule has 0 bridgehead atoms. The standard InChI is InChI=1S/C13H24N2OS/c1-11(16)15-6-2-13(3-7-15)14-10-12-4-8-17-9-5-12/h12-14H,2-10H2,1H3. The maximum atomic E-state index is 11.2. The Morgan fingerprint density at radius 2 is 1.88 bits per heavy atom. The van der Waals surface area contributed by atoms with Crippen molar-refractivity contribution in [3.8, 4) is 0 Å². The van der Waals surface area contributed by atoms with Gasteiger partial charge in [-0.3, -0.25) is 4.79 Å². The second-order valence-corrected chi connectivity index (χ2v) is 6.47. The molecule has 0 atom stereocenters.